The molecular formula is C14H16F2N4O. The maximum Gasteiger partial charge on any atom is 0.257 e. The summed E-state index contributed by atoms with van der Waals surface area (Å²) in [5, 5.41) is 9.03. The first-order valence-corrected chi connectivity index (χ1v) is 6.81. The molecule has 0 bridgehead atoms. The lowest BCUT2D eigenvalue weighted by Crippen LogP contribution is -2.51. The second kappa shape index (κ2) is 6.59. The number of aromatic nitrogens is 1. The number of piperazine rings is 1. The van der Waals surface area contributed by atoms with Gasteiger partial charge < -0.3 is 4.90 Å². The van der Waals surface area contributed by atoms with Crippen molar-refractivity contribution in [3.63, 3.8) is 0 Å². The van der Waals surface area contributed by atoms with Gasteiger partial charge in [0.15, 0.2) is 5.82 Å². The molecule has 0 N–H and O–H groups in total. The van der Waals surface area contributed by atoms with Crippen molar-refractivity contribution in [1.82, 2.24) is 14.8 Å². The van der Waals surface area contributed by atoms with Gasteiger partial charge in [0.05, 0.1) is 17.7 Å². The fraction of sp³-hybridized carbons (Fsp3) is 0.500. The third kappa shape index (κ3) is 3.16. The highest BCUT2D eigenvalue weighted by Gasteiger charge is 2.27. The molecule has 1 fully saturated rings. The van der Waals surface area contributed by atoms with E-state index in [0.29, 0.717) is 32.6 Å². The van der Waals surface area contributed by atoms with Gasteiger partial charge in [0.1, 0.15) is 0 Å². The van der Waals surface area contributed by atoms with E-state index in [1.54, 1.807) is 0 Å². The average Bonchev–Trinajstić information content (AvgIpc) is 2.51. The molecule has 1 aliphatic rings. The maximum absolute atomic E-state index is 13.6. The number of carbonyl (C=O) groups is 1. The van der Waals surface area contributed by atoms with Crippen LogP contribution in [-0.2, 0) is 0 Å². The van der Waals surface area contributed by atoms with Crippen LogP contribution in [-0.4, -0.2) is 52.9 Å². The number of hydrogen-bond donors (Lipinski definition) is 0. The lowest BCUT2D eigenvalue weighted by molar-refractivity contribution is 0.0598. The Balaban J connectivity index is 2.04. The number of halogens is 2. The van der Waals surface area contributed by atoms with Crippen LogP contribution in [0.2, 0.25) is 0 Å². The zero-order chi connectivity index (χ0) is 15.4. The number of hydrogen-bond acceptors (Lipinski definition) is 4. The highest BCUT2D eigenvalue weighted by Crippen LogP contribution is 2.15. The van der Waals surface area contributed by atoms with Crippen LogP contribution in [0.5, 0.6) is 0 Å². The van der Waals surface area contributed by atoms with Crippen LogP contribution in [0.4, 0.5) is 8.78 Å². The quantitative estimate of drug-likeness (QED) is 0.791. The third-order valence-electron chi connectivity index (χ3n) is 3.66. The van der Waals surface area contributed by atoms with E-state index >= 15 is 0 Å². The van der Waals surface area contributed by atoms with E-state index in [0.717, 1.165) is 6.20 Å². The van der Waals surface area contributed by atoms with Crippen LogP contribution in [0.1, 0.15) is 23.7 Å². The summed E-state index contributed by atoms with van der Waals surface area (Å²) in [4.78, 5) is 18.8. The Morgan fingerprint density at radius 2 is 2.10 bits per heavy atom. The molecule has 1 amide bonds. The molecule has 0 aromatic carbocycles. The van der Waals surface area contributed by atoms with Gasteiger partial charge in [-0.25, -0.2) is 9.37 Å². The van der Waals surface area contributed by atoms with Crippen LogP contribution in [0.3, 0.4) is 0 Å². The number of carbonyl (C=O) groups excluding carboxylic acids is 1. The van der Waals surface area contributed by atoms with Crippen molar-refractivity contribution in [2.24, 2.45) is 0 Å². The summed E-state index contributed by atoms with van der Waals surface area (Å²) in [6, 6.07) is 3.23. The highest BCUT2D eigenvalue weighted by molar-refractivity contribution is 5.94. The number of amides is 1. The Hall–Kier alpha value is -2.07. The Kier molecular flexibility index (Phi) is 4.81. The first-order chi connectivity index (χ1) is 10.1. The summed E-state index contributed by atoms with van der Waals surface area (Å²) in [7, 11) is 0. The zero-order valence-corrected chi connectivity index (χ0v) is 11.7. The van der Waals surface area contributed by atoms with E-state index in [1.165, 1.54) is 11.0 Å². The fourth-order valence-electron chi connectivity index (χ4n) is 2.42. The van der Waals surface area contributed by atoms with Crippen molar-refractivity contribution in [3.05, 3.63) is 29.6 Å². The molecule has 2 rings (SSSR count). The third-order valence-corrected chi connectivity index (χ3v) is 3.66. The summed E-state index contributed by atoms with van der Waals surface area (Å²) in [6.07, 6.45) is 1.79. The van der Waals surface area contributed by atoms with Crippen molar-refractivity contribution >= 4 is 5.91 Å². The van der Waals surface area contributed by atoms with Gasteiger partial charge in [-0.1, -0.05) is 6.92 Å². The summed E-state index contributed by atoms with van der Waals surface area (Å²) >= 11 is 0. The molecule has 0 radical (unpaired) electrons. The molecule has 0 saturated carbocycles. The molecule has 1 saturated heterocycles. The molecule has 21 heavy (non-hydrogen) atoms. The van der Waals surface area contributed by atoms with Crippen molar-refractivity contribution < 1.29 is 13.6 Å². The smallest absolute Gasteiger partial charge is 0.257 e. The Morgan fingerprint density at radius 3 is 2.67 bits per heavy atom. The lowest BCUT2D eigenvalue weighted by atomic mass is 10.1. The van der Waals surface area contributed by atoms with Crippen LogP contribution in [0, 0.1) is 23.1 Å². The Labute approximate surface area is 121 Å². The van der Waals surface area contributed by atoms with Gasteiger partial charge in [-0.05, 0) is 12.5 Å². The van der Waals surface area contributed by atoms with Gasteiger partial charge in [-0.3, -0.25) is 9.69 Å². The number of nitrogens with zero attached hydrogens (tertiary/aromatic N) is 4. The molecule has 7 heteroatoms. The zero-order valence-electron chi connectivity index (χ0n) is 11.7. The van der Waals surface area contributed by atoms with E-state index in [4.69, 9.17) is 5.26 Å². The van der Waals surface area contributed by atoms with Crippen LogP contribution in [0.15, 0.2) is 12.3 Å². The second-order valence-corrected chi connectivity index (χ2v) is 4.84. The van der Waals surface area contributed by atoms with Gasteiger partial charge in [0, 0.05) is 32.4 Å². The first kappa shape index (κ1) is 15.3. The van der Waals surface area contributed by atoms with Crippen molar-refractivity contribution in [1.29, 1.82) is 5.26 Å². The van der Waals surface area contributed by atoms with Gasteiger partial charge in [0.25, 0.3) is 5.91 Å². The molecule has 5 nitrogen and oxygen atoms in total. The minimum atomic E-state index is -1.27. The summed E-state index contributed by atoms with van der Waals surface area (Å²) in [6.45, 7) is 3.81. The molecule has 1 aromatic heterocycles. The monoisotopic (exact) mass is 294 g/mol. The second-order valence-electron chi connectivity index (χ2n) is 4.84. The average molecular weight is 294 g/mol. The van der Waals surface area contributed by atoms with Gasteiger partial charge in [-0.15, -0.1) is 0 Å². The van der Waals surface area contributed by atoms with Crippen LogP contribution in [0.25, 0.3) is 0 Å². The summed E-state index contributed by atoms with van der Waals surface area (Å²) in [5.41, 5.74) is -0.303. The predicted molar refractivity (Wildman–Crippen MR) is 71.3 cm³/mol. The predicted octanol–water partition coefficient (Wildman–Crippen LogP) is 1.42. The van der Waals surface area contributed by atoms with E-state index in [2.05, 4.69) is 11.1 Å². The molecule has 1 aliphatic heterocycles. The summed E-state index contributed by atoms with van der Waals surface area (Å²) < 4.78 is 26.6. The number of rotatable bonds is 3. The molecule has 1 aromatic rings. The van der Waals surface area contributed by atoms with Crippen LogP contribution >= 0.6 is 0 Å². The topological polar surface area (TPSA) is 60.2 Å². The maximum atomic E-state index is 13.6. The molecular weight excluding hydrogens is 278 g/mol. The first-order valence-electron chi connectivity index (χ1n) is 6.81. The minimum absolute atomic E-state index is 0.169. The summed E-state index contributed by atoms with van der Waals surface area (Å²) in [5.74, 6) is -3.03. The molecule has 1 atom stereocenters. The molecule has 2 heterocycles. The van der Waals surface area contributed by atoms with Crippen molar-refractivity contribution in [2.45, 2.75) is 19.4 Å². The van der Waals surface area contributed by atoms with Crippen molar-refractivity contribution in [2.75, 3.05) is 26.2 Å². The number of pyridine rings is 1. The molecule has 0 spiro atoms. The molecule has 112 valence electrons. The standard InChI is InChI=1S/C14H16F2N4O/c1-2-10(9-17)19-5-7-20(8-6-19)14(21)11-3-4-18-13(16)12(11)15/h3-4,10H,2,5-8H2,1H3. The molecule has 1 unspecified atom stereocenters. The number of nitriles is 1. The van der Waals surface area contributed by atoms with E-state index in [1.807, 2.05) is 11.8 Å². The normalized spacial score (nSPS) is 17.3. The largest absolute Gasteiger partial charge is 0.336 e. The fourth-order valence-corrected chi connectivity index (χ4v) is 2.42. The van der Waals surface area contributed by atoms with Gasteiger partial charge in [-0.2, -0.15) is 9.65 Å². The lowest BCUT2D eigenvalue weighted by Gasteiger charge is -2.36. The Morgan fingerprint density at radius 1 is 1.43 bits per heavy atom. The van der Waals surface area contributed by atoms with E-state index < -0.39 is 17.7 Å². The Bertz CT molecular complexity index is 565. The van der Waals surface area contributed by atoms with Crippen molar-refractivity contribution in [3.8, 4) is 6.07 Å². The molecule has 0 aliphatic carbocycles. The SMILES string of the molecule is CCC(C#N)N1CCN(C(=O)c2ccnc(F)c2F)CC1. The van der Waals surface area contributed by atoms with Gasteiger partial charge in [0.2, 0.25) is 5.95 Å². The van der Waals surface area contributed by atoms with Gasteiger partial charge >= 0.3 is 0 Å². The van der Waals surface area contributed by atoms with Crippen LogP contribution < -0.4 is 0 Å². The van der Waals surface area contributed by atoms with E-state index in [9.17, 15) is 13.6 Å². The van der Waals surface area contributed by atoms with E-state index in [-0.39, 0.29) is 11.6 Å². The highest BCUT2D eigenvalue weighted by atomic mass is 19.2. The minimum Gasteiger partial charge on any atom is -0.336 e.